The molecule has 0 saturated heterocycles. The van der Waals surface area contributed by atoms with Crippen LogP contribution in [0.2, 0.25) is 0 Å². The van der Waals surface area contributed by atoms with Gasteiger partial charge in [-0.3, -0.25) is 0 Å². The van der Waals surface area contributed by atoms with E-state index in [1.54, 1.807) is 12.3 Å². The molecule has 0 saturated carbocycles. The lowest BCUT2D eigenvalue weighted by Crippen LogP contribution is -1.96. The molecule has 100 valence electrons. The minimum atomic E-state index is -0.380. The molecule has 0 amide bonds. The largest absolute Gasteiger partial charge is 0.358 e. The Morgan fingerprint density at radius 3 is 2.50 bits per heavy atom. The molecule has 0 N–H and O–H groups in total. The van der Waals surface area contributed by atoms with Crippen molar-refractivity contribution in [3.8, 4) is 11.3 Å². The Morgan fingerprint density at radius 2 is 1.85 bits per heavy atom. The average molecular weight is 267 g/mol. The van der Waals surface area contributed by atoms with Gasteiger partial charge >= 0.3 is 5.82 Å². The molecule has 0 unspecified atom stereocenters. The Kier molecular flexibility index (Phi) is 2.75. The third kappa shape index (κ3) is 1.84. The van der Waals surface area contributed by atoms with Crippen molar-refractivity contribution in [1.82, 2.24) is 9.38 Å². The molecule has 2 aromatic heterocycles. The summed E-state index contributed by atoms with van der Waals surface area (Å²) in [5, 5.41) is 11.4. The van der Waals surface area contributed by atoms with E-state index in [2.05, 4.69) is 4.98 Å². The highest BCUT2D eigenvalue weighted by Gasteiger charge is 2.24. The molecule has 1 aromatic carbocycles. The zero-order chi connectivity index (χ0) is 14.3. The maximum absolute atomic E-state index is 11.4. The van der Waals surface area contributed by atoms with Gasteiger partial charge in [0.25, 0.3) is 0 Å². The van der Waals surface area contributed by atoms with Gasteiger partial charge in [0.15, 0.2) is 5.69 Å². The van der Waals surface area contributed by atoms with Crippen LogP contribution in [-0.2, 0) is 0 Å². The first-order valence-electron chi connectivity index (χ1n) is 6.27. The molecule has 0 spiro atoms. The zero-order valence-electron chi connectivity index (χ0n) is 11.2. The Labute approximate surface area is 115 Å². The Balaban J connectivity index is 2.35. The number of fused-ring (bicyclic) bond motifs is 1. The van der Waals surface area contributed by atoms with Crippen molar-refractivity contribution in [2.75, 3.05) is 0 Å². The second kappa shape index (κ2) is 4.45. The number of hydrogen-bond acceptors (Lipinski definition) is 3. The van der Waals surface area contributed by atoms with Crippen LogP contribution < -0.4 is 0 Å². The van der Waals surface area contributed by atoms with E-state index in [9.17, 15) is 10.1 Å². The fourth-order valence-corrected chi connectivity index (χ4v) is 2.27. The van der Waals surface area contributed by atoms with Crippen molar-refractivity contribution in [3.63, 3.8) is 0 Å². The zero-order valence-corrected chi connectivity index (χ0v) is 11.2. The lowest BCUT2D eigenvalue weighted by atomic mass is 10.1. The maximum Gasteiger partial charge on any atom is 0.355 e. The molecule has 0 bridgehead atoms. The van der Waals surface area contributed by atoms with Crippen molar-refractivity contribution in [2.24, 2.45) is 0 Å². The molecule has 3 rings (SSSR count). The number of pyridine rings is 1. The van der Waals surface area contributed by atoms with Crippen LogP contribution in [0.3, 0.4) is 0 Å². The average Bonchev–Trinajstić information content (AvgIpc) is 2.80. The summed E-state index contributed by atoms with van der Waals surface area (Å²) >= 11 is 0. The molecule has 2 heterocycles. The third-order valence-corrected chi connectivity index (χ3v) is 3.32. The van der Waals surface area contributed by atoms with E-state index in [4.69, 9.17) is 0 Å². The Hall–Kier alpha value is -2.69. The van der Waals surface area contributed by atoms with Gasteiger partial charge in [-0.25, -0.2) is 0 Å². The number of nitro groups is 1. The molecule has 0 fully saturated rings. The minimum absolute atomic E-state index is 0.00699. The first-order valence-corrected chi connectivity index (χ1v) is 6.27. The van der Waals surface area contributed by atoms with Gasteiger partial charge in [-0.05, 0) is 30.9 Å². The monoisotopic (exact) mass is 267 g/mol. The van der Waals surface area contributed by atoms with Gasteiger partial charge in [-0.15, -0.1) is 0 Å². The van der Waals surface area contributed by atoms with E-state index in [1.165, 1.54) is 4.40 Å². The third-order valence-electron chi connectivity index (χ3n) is 3.32. The smallest absolute Gasteiger partial charge is 0.355 e. The molecular formula is C15H13N3O2. The summed E-state index contributed by atoms with van der Waals surface area (Å²) in [5.74, 6) is 0.00699. The van der Waals surface area contributed by atoms with Crippen LogP contribution in [0.1, 0.15) is 11.1 Å². The first kappa shape index (κ1) is 12.3. The van der Waals surface area contributed by atoms with E-state index in [1.807, 2.05) is 44.2 Å². The quantitative estimate of drug-likeness (QED) is 0.527. The van der Waals surface area contributed by atoms with Gasteiger partial charge in [-0.2, -0.15) is 9.38 Å². The predicted molar refractivity (Wildman–Crippen MR) is 76.8 cm³/mol. The van der Waals surface area contributed by atoms with Crippen molar-refractivity contribution in [1.29, 1.82) is 0 Å². The Bertz CT molecular complexity index is 804. The fraction of sp³-hybridized carbons (Fsp3) is 0.133. The van der Waals surface area contributed by atoms with Gasteiger partial charge in [0.2, 0.25) is 5.65 Å². The summed E-state index contributed by atoms with van der Waals surface area (Å²) in [6, 6.07) is 11.3. The van der Waals surface area contributed by atoms with E-state index < -0.39 is 0 Å². The van der Waals surface area contributed by atoms with Crippen molar-refractivity contribution < 1.29 is 4.92 Å². The van der Waals surface area contributed by atoms with Crippen LogP contribution in [0.5, 0.6) is 0 Å². The van der Waals surface area contributed by atoms with E-state index in [0.29, 0.717) is 11.3 Å². The highest BCUT2D eigenvalue weighted by Crippen LogP contribution is 2.31. The highest BCUT2D eigenvalue weighted by atomic mass is 16.6. The topological polar surface area (TPSA) is 60.4 Å². The lowest BCUT2D eigenvalue weighted by Gasteiger charge is -1.99. The normalized spacial score (nSPS) is 10.9. The van der Waals surface area contributed by atoms with Gasteiger partial charge in [-0.1, -0.05) is 29.8 Å². The molecule has 5 nitrogen and oxygen atoms in total. The summed E-state index contributed by atoms with van der Waals surface area (Å²) in [6.07, 6.45) is 1.67. The van der Waals surface area contributed by atoms with Gasteiger partial charge in [0, 0.05) is 11.1 Å². The second-order valence-corrected chi connectivity index (χ2v) is 4.79. The molecule has 0 aliphatic carbocycles. The Morgan fingerprint density at radius 1 is 1.15 bits per heavy atom. The van der Waals surface area contributed by atoms with Gasteiger partial charge in [0.05, 0.1) is 6.20 Å². The number of imidazole rings is 1. The lowest BCUT2D eigenvalue weighted by molar-refractivity contribution is -0.389. The van der Waals surface area contributed by atoms with Gasteiger partial charge < -0.3 is 10.1 Å². The number of rotatable bonds is 2. The van der Waals surface area contributed by atoms with E-state index in [0.717, 1.165) is 16.7 Å². The fourth-order valence-electron chi connectivity index (χ4n) is 2.27. The molecule has 0 atom stereocenters. The minimum Gasteiger partial charge on any atom is -0.358 e. The van der Waals surface area contributed by atoms with Crippen LogP contribution in [0.15, 0.2) is 42.6 Å². The van der Waals surface area contributed by atoms with Crippen molar-refractivity contribution >= 4 is 11.5 Å². The standard InChI is InChI=1S/C15H13N3O2/c1-10-5-7-12(8-6-10)13-15(18(19)20)17-9-3-4-11(2)14(17)16-13/h3-9H,1-2H3. The summed E-state index contributed by atoms with van der Waals surface area (Å²) in [7, 11) is 0. The highest BCUT2D eigenvalue weighted by molar-refractivity contribution is 5.73. The summed E-state index contributed by atoms with van der Waals surface area (Å²) < 4.78 is 1.53. The molecule has 0 aliphatic heterocycles. The molecule has 20 heavy (non-hydrogen) atoms. The number of nitrogens with zero attached hydrogens (tertiary/aromatic N) is 3. The van der Waals surface area contributed by atoms with Crippen molar-refractivity contribution in [2.45, 2.75) is 13.8 Å². The van der Waals surface area contributed by atoms with E-state index >= 15 is 0 Å². The van der Waals surface area contributed by atoms with Crippen LogP contribution in [0.4, 0.5) is 5.82 Å². The maximum atomic E-state index is 11.4. The van der Waals surface area contributed by atoms with Crippen LogP contribution >= 0.6 is 0 Å². The summed E-state index contributed by atoms with van der Waals surface area (Å²) in [5.41, 5.74) is 3.80. The molecular weight excluding hydrogens is 254 g/mol. The molecule has 5 heteroatoms. The molecule has 0 radical (unpaired) electrons. The number of aryl methyl sites for hydroxylation is 2. The number of hydrogen-bond donors (Lipinski definition) is 0. The molecule has 3 aromatic rings. The predicted octanol–water partition coefficient (Wildman–Crippen LogP) is 3.53. The van der Waals surface area contributed by atoms with Crippen LogP contribution in [-0.4, -0.2) is 14.3 Å². The molecule has 0 aliphatic rings. The van der Waals surface area contributed by atoms with Crippen LogP contribution in [0.25, 0.3) is 16.9 Å². The second-order valence-electron chi connectivity index (χ2n) is 4.79. The van der Waals surface area contributed by atoms with Crippen molar-refractivity contribution in [3.05, 3.63) is 63.8 Å². The summed E-state index contributed by atoms with van der Waals surface area (Å²) in [4.78, 5) is 15.5. The summed E-state index contributed by atoms with van der Waals surface area (Å²) in [6.45, 7) is 3.87. The van der Waals surface area contributed by atoms with Crippen LogP contribution in [0, 0.1) is 24.0 Å². The first-order chi connectivity index (χ1) is 9.58. The van der Waals surface area contributed by atoms with Gasteiger partial charge in [0.1, 0.15) is 0 Å². The SMILES string of the molecule is Cc1ccc(-c2nc3c(C)cccn3c2[N+](=O)[O-])cc1. The van der Waals surface area contributed by atoms with E-state index in [-0.39, 0.29) is 10.7 Å². The number of benzene rings is 1. The number of aromatic nitrogens is 2.